The smallest absolute Gasteiger partial charge is 0.435 e. The molecule has 1 aliphatic rings. The number of ether oxygens (including phenoxy) is 2. The molecule has 202 valence electrons. The van der Waals surface area contributed by atoms with Crippen LogP contribution in [0.15, 0.2) is 48.8 Å². The van der Waals surface area contributed by atoms with Gasteiger partial charge in [0.15, 0.2) is 0 Å². The Kier molecular flexibility index (Phi) is 7.11. The molecule has 4 heterocycles. The number of aromatic nitrogens is 5. The van der Waals surface area contributed by atoms with Gasteiger partial charge in [-0.1, -0.05) is 12.1 Å². The van der Waals surface area contributed by atoms with Gasteiger partial charge in [-0.25, -0.2) is 14.8 Å². The minimum Gasteiger partial charge on any atom is -0.442 e. The minimum atomic E-state index is -0.652. The molecule has 1 saturated heterocycles. The summed E-state index contributed by atoms with van der Waals surface area (Å²) >= 11 is 0. The largest absolute Gasteiger partial charge is 0.442 e. The van der Waals surface area contributed by atoms with Crippen molar-refractivity contribution in [2.24, 2.45) is 0 Å². The number of pyridine rings is 1. The van der Waals surface area contributed by atoms with Gasteiger partial charge < -0.3 is 25.0 Å². The molecule has 0 atom stereocenters. The first-order valence-electron chi connectivity index (χ1n) is 12.6. The van der Waals surface area contributed by atoms with Crippen LogP contribution in [0.2, 0.25) is 0 Å². The second kappa shape index (κ2) is 10.7. The molecule has 1 fully saturated rings. The number of amides is 1. The Labute approximate surface area is 225 Å². The standard InChI is InChI=1S/C27H30N8O4/c1-27(2,3)39-26(37)35-22-13-17(5-6-18(22)15-30-35)21-14-23(33-25(32-21)34-9-11-38-12-10-34)31-19-7-8-20(29-16-19)24(36)28-4/h5-8,13-16H,9-12H2,1-4H3,(H,28,36)(H,31,32,33). The maximum Gasteiger partial charge on any atom is 0.435 e. The lowest BCUT2D eigenvalue weighted by molar-refractivity contribution is 0.0522. The number of morpholine rings is 1. The highest BCUT2D eigenvalue weighted by molar-refractivity contribution is 5.92. The van der Waals surface area contributed by atoms with Gasteiger partial charge in [-0.2, -0.15) is 14.8 Å². The van der Waals surface area contributed by atoms with Crippen molar-refractivity contribution in [1.82, 2.24) is 30.0 Å². The molecule has 0 saturated carbocycles. The number of hydrogen-bond acceptors (Lipinski definition) is 10. The van der Waals surface area contributed by atoms with E-state index in [1.165, 1.54) is 4.68 Å². The van der Waals surface area contributed by atoms with Crippen LogP contribution in [0.4, 0.5) is 22.2 Å². The zero-order valence-electron chi connectivity index (χ0n) is 22.3. The summed E-state index contributed by atoms with van der Waals surface area (Å²) in [4.78, 5) is 40.5. The van der Waals surface area contributed by atoms with Crippen molar-refractivity contribution in [3.8, 4) is 11.3 Å². The number of nitrogens with one attached hydrogen (secondary N) is 2. The van der Waals surface area contributed by atoms with E-state index in [9.17, 15) is 9.59 Å². The summed E-state index contributed by atoms with van der Waals surface area (Å²) in [5.74, 6) is 0.840. The second-order valence-electron chi connectivity index (χ2n) is 9.98. The Balaban J connectivity index is 1.52. The third kappa shape index (κ3) is 5.96. The molecular weight excluding hydrogens is 500 g/mol. The highest BCUT2D eigenvalue weighted by atomic mass is 16.6. The van der Waals surface area contributed by atoms with E-state index in [0.717, 1.165) is 10.9 Å². The van der Waals surface area contributed by atoms with E-state index in [0.29, 0.717) is 60.7 Å². The summed E-state index contributed by atoms with van der Waals surface area (Å²) in [5, 5.41) is 10.9. The highest BCUT2D eigenvalue weighted by Crippen LogP contribution is 2.28. The summed E-state index contributed by atoms with van der Waals surface area (Å²) in [5.41, 5.74) is 2.37. The van der Waals surface area contributed by atoms with Crippen molar-refractivity contribution in [2.45, 2.75) is 26.4 Å². The van der Waals surface area contributed by atoms with Crippen LogP contribution in [0.25, 0.3) is 22.2 Å². The number of benzene rings is 1. The van der Waals surface area contributed by atoms with E-state index in [4.69, 9.17) is 19.4 Å². The molecule has 0 spiro atoms. The van der Waals surface area contributed by atoms with Crippen molar-refractivity contribution < 1.29 is 19.1 Å². The quantitative estimate of drug-likeness (QED) is 0.394. The topological polar surface area (TPSA) is 136 Å². The fraction of sp³-hybridized carbons (Fsp3) is 0.333. The van der Waals surface area contributed by atoms with Crippen molar-refractivity contribution in [2.75, 3.05) is 43.6 Å². The van der Waals surface area contributed by atoms with Gasteiger partial charge in [0, 0.05) is 37.2 Å². The average Bonchev–Trinajstić information content (AvgIpc) is 3.36. The van der Waals surface area contributed by atoms with Gasteiger partial charge in [-0.15, -0.1) is 0 Å². The van der Waals surface area contributed by atoms with E-state index < -0.39 is 11.7 Å². The lowest BCUT2D eigenvalue weighted by atomic mass is 10.1. The fourth-order valence-corrected chi connectivity index (χ4v) is 4.06. The minimum absolute atomic E-state index is 0.263. The third-order valence-corrected chi connectivity index (χ3v) is 5.94. The number of nitrogens with zero attached hydrogens (tertiary/aromatic N) is 6. The molecule has 5 rings (SSSR count). The Morgan fingerprint density at radius 1 is 1.03 bits per heavy atom. The van der Waals surface area contributed by atoms with Crippen LogP contribution < -0.4 is 15.5 Å². The van der Waals surface area contributed by atoms with E-state index in [-0.39, 0.29) is 5.91 Å². The second-order valence-corrected chi connectivity index (χ2v) is 9.98. The van der Waals surface area contributed by atoms with Crippen LogP contribution in [0.1, 0.15) is 31.3 Å². The van der Waals surface area contributed by atoms with Gasteiger partial charge in [-0.3, -0.25) is 4.79 Å². The van der Waals surface area contributed by atoms with Crippen LogP contribution in [-0.4, -0.2) is 75.7 Å². The van der Waals surface area contributed by atoms with E-state index >= 15 is 0 Å². The summed E-state index contributed by atoms with van der Waals surface area (Å²) in [6, 6.07) is 10.9. The van der Waals surface area contributed by atoms with Crippen molar-refractivity contribution in [3.05, 3.63) is 54.5 Å². The monoisotopic (exact) mass is 530 g/mol. The van der Waals surface area contributed by atoms with Gasteiger partial charge in [-0.05, 0) is 39.0 Å². The summed E-state index contributed by atoms with van der Waals surface area (Å²) in [6.45, 7) is 7.93. The van der Waals surface area contributed by atoms with E-state index in [1.807, 2.05) is 45.0 Å². The first kappa shape index (κ1) is 26.0. The molecule has 39 heavy (non-hydrogen) atoms. The molecule has 12 nitrogen and oxygen atoms in total. The van der Waals surface area contributed by atoms with Crippen LogP contribution in [0, 0.1) is 0 Å². The first-order valence-corrected chi connectivity index (χ1v) is 12.6. The molecule has 0 radical (unpaired) electrons. The van der Waals surface area contributed by atoms with Crippen molar-refractivity contribution >= 4 is 40.4 Å². The normalized spacial score (nSPS) is 13.8. The third-order valence-electron chi connectivity index (χ3n) is 5.94. The van der Waals surface area contributed by atoms with Crippen LogP contribution in [0.3, 0.4) is 0 Å². The first-order chi connectivity index (χ1) is 18.7. The predicted octanol–water partition coefficient (Wildman–Crippen LogP) is 3.61. The van der Waals surface area contributed by atoms with Crippen molar-refractivity contribution in [1.29, 1.82) is 0 Å². The molecular formula is C27H30N8O4. The molecule has 4 aromatic rings. The number of anilines is 3. The number of carbonyl (C=O) groups is 2. The Bertz CT molecular complexity index is 1500. The predicted molar refractivity (Wildman–Crippen MR) is 146 cm³/mol. The summed E-state index contributed by atoms with van der Waals surface area (Å²) in [6.07, 6.45) is 2.65. The highest BCUT2D eigenvalue weighted by Gasteiger charge is 2.21. The molecule has 2 N–H and O–H groups in total. The molecule has 3 aromatic heterocycles. The molecule has 12 heteroatoms. The molecule has 1 aliphatic heterocycles. The van der Waals surface area contributed by atoms with Gasteiger partial charge in [0.05, 0.1) is 42.5 Å². The Hall–Kier alpha value is -4.58. The lowest BCUT2D eigenvalue weighted by Gasteiger charge is -2.27. The summed E-state index contributed by atoms with van der Waals surface area (Å²) < 4.78 is 12.3. The average molecular weight is 531 g/mol. The van der Waals surface area contributed by atoms with Crippen molar-refractivity contribution in [3.63, 3.8) is 0 Å². The maximum absolute atomic E-state index is 12.8. The fourth-order valence-electron chi connectivity index (χ4n) is 4.06. The van der Waals surface area contributed by atoms with Gasteiger partial charge in [0.1, 0.15) is 17.1 Å². The molecule has 0 aliphatic carbocycles. The SMILES string of the molecule is CNC(=O)c1ccc(Nc2cc(-c3ccc4cnn(C(=O)OC(C)(C)C)c4c3)nc(N3CCOCC3)n2)cn1. The van der Waals surface area contributed by atoms with E-state index in [2.05, 4.69) is 25.6 Å². The maximum atomic E-state index is 12.8. The molecule has 0 bridgehead atoms. The van der Waals surface area contributed by atoms with E-state index in [1.54, 1.807) is 31.6 Å². The summed E-state index contributed by atoms with van der Waals surface area (Å²) in [7, 11) is 1.56. The van der Waals surface area contributed by atoms with Crippen LogP contribution >= 0.6 is 0 Å². The zero-order valence-corrected chi connectivity index (χ0v) is 22.3. The lowest BCUT2D eigenvalue weighted by Crippen LogP contribution is -2.37. The van der Waals surface area contributed by atoms with Crippen LogP contribution in [-0.2, 0) is 9.47 Å². The number of hydrogen-bond donors (Lipinski definition) is 2. The number of rotatable bonds is 5. The van der Waals surface area contributed by atoms with Gasteiger partial charge in [0.25, 0.3) is 5.91 Å². The number of carbonyl (C=O) groups excluding carboxylic acids is 2. The van der Waals surface area contributed by atoms with Gasteiger partial charge in [0.2, 0.25) is 5.95 Å². The molecule has 0 unspecified atom stereocenters. The Morgan fingerprint density at radius 3 is 2.51 bits per heavy atom. The number of fused-ring (bicyclic) bond motifs is 1. The molecule has 1 aromatic carbocycles. The van der Waals surface area contributed by atoms with Gasteiger partial charge >= 0.3 is 6.09 Å². The Morgan fingerprint density at radius 2 is 1.82 bits per heavy atom. The van der Waals surface area contributed by atoms with Crippen LogP contribution in [0.5, 0.6) is 0 Å². The molecule has 1 amide bonds. The zero-order chi connectivity index (χ0) is 27.6.